The van der Waals surface area contributed by atoms with Crippen molar-refractivity contribution in [2.75, 3.05) is 10.6 Å². The van der Waals surface area contributed by atoms with E-state index in [0.29, 0.717) is 16.1 Å². The van der Waals surface area contributed by atoms with Gasteiger partial charge in [-0.15, -0.1) is 11.8 Å². The number of carbonyl (C=O) groups is 4. The number of nitrogens with one attached hydrogen (secondary N) is 3. The summed E-state index contributed by atoms with van der Waals surface area (Å²) in [5, 5.41) is 19.1. The predicted molar refractivity (Wildman–Crippen MR) is 183 cm³/mol. The number of carboxylic acids is 1. The minimum atomic E-state index is -1.14. The SMILES string of the molecule is CC(Sc1cccc(NC(=O)/C(=C\c2cccc3ccccc23)NC(=O)c2ccccc2)c1)C(=O)Nc1cc(C(=O)O)ccc1Cl. The van der Waals surface area contributed by atoms with Crippen molar-refractivity contribution in [3.05, 3.63) is 143 Å². The van der Waals surface area contributed by atoms with Crippen LogP contribution >= 0.6 is 23.4 Å². The number of anilines is 2. The molecular formula is C36H28ClN3O5S. The first kappa shape index (κ1) is 32.0. The van der Waals surface area contributed by atoms with E-state index in [4.69, 9.17) is 11.6 Å². The van der Waals surface area contributed by atoms with E-state index < -0.39 is 23.0 Å². The summed E-state index contributed by atoms with van der Waals surface area (Å²) < 4.78 is 0. The van der Waals surface area contributed by atoms with E-state index in [1.807, 2.05) is 42.5 Å². The smallest absolute Gasteiger partial charge is 0.335 e. The Bertz CT molecular complexity index is 1970. The van der Waals surface area contributed by atoms with Crippen molar-refractivity contribution < 1.29 is 24.3 Å². The number of carboxylic acid groups (broad SMARTS) is 1. The second kappa shape index (κ2) is 14.6. The summed E-state index contributed by atoms with van der Waals surface area (Å²) in [6.45, 7) is 1.70. The van der Waals surface area contributed by atoms with Crippen LogP contribution in [0.2, 0.25) is 5.02 Å². The number of benzene rings is 5. The summed E-state index contributed by atoms with van der Waals surface area (Å²) in [6, 6.07) is 33.2. The van der Waals surface area contributed by atoms with Crippen LogP contribution in [0.25, 0.3) is 16.8 Å². The number of amides is 3. The first-order valence-electron chi connectivity index (χ1n) is 14.2. The van der Waals surface area contributed by atoms with Crippen molar-refractivity contribution in [3.8, 4) is 0 Å². The molecule has 4 N–H and O–H groups in total. The molecule has 5 aromatic rings. The van der Waals surface area contributed by atoms with Gasteiger partial charge in [0.1, 0.15) is 5.70 Å². The molecule has 0 saturated carbocycles. The molecule has 0 aliphatic heterocycles. The average molecular weight is 650 g/mol. The lowest BCUT2D eigenvalue weighted by atomic mass is 10.0. The molecule has 5 aromatic carbocycles. The van der Waals surface area contributed by atoms with Crippen LogP contribution < -0.4 is 16.0 Å². The third-order valence-electron chi connectivity index (χ3n) is 6.90. The summed E-state index contributed by atoms with van der Waals surface area (Å²) in [7, 11) is 0. The van der Waals surface area contributed by atoms with Crippen molar-refractivity contribution >= 4 is 75.3 Å². The normalized spacial score (nSPS) is 11.8. The summed E-state index contributed by atoms with van der Waals surface area (Å²) in [5.74, 6) is -2.48. The van der Waals surface area contributed by atoms with Gasteiger partial charge in [0.05, 0.1) is 21.5 Å². The fraction of sp³-hybridized carbons (Fsp3) is 0.0556. The molecular weight excluding hydrogens is 622 g/mol. The first-order chi connectivity index (χ1) is 22.2. The topological polar surface area (TPSA) is 125 Å². The highest BCUT2D eigenvalue weighted by Crippen LogP contribution is 2.29. The van der Waals surface area contributed by atoms with Crippen LogP contribution in [-0.4, -0.2) is 34.0 Å². The second-order valence-electron chi connectivity index (χ2n) is 10.2. The van der Waals surface area contributed by atoms with Gasteiger partial charge in [0.2, 0.25) is 5.91 Å². The Morgan fingerprint density at radius 1 is 0.783 bits per heavy atom. The van der Waals surface area contributed by atoms with Gasteiger partial charge in [-0.25, -0.2) is 4.79 Å². The Morgan fingerprint density at radius 2 is 1.50 bits per heavy atom. The maximum Gasteiger partial charge on any atom is 0.335 e. The fourth-order valence-electron chi connectivity index (χ4n) is 4.57. The summed E-state index contributed by atoms with van der Waals surface area (Å²) >= 11 is 7.41. The molecule has 0 saturated heterocycles. The minimum Gasteiger partial charge on any atom is -0.478 e. The zero-order chi connectivity index (χ0) is 32.6. The molecule has 10 heteroatoms. The Morgan fingerprint density at radius 3 is 2.28 bits per heavy atom. The van der Waals surface area contributed by atoms with Gasteiger partial charge in [-0.2, -0.15) is 0 Å². The highest BCUT2D eigenvalue weighted by molar-refractivity contribution is 8.00. The second-order valence-corrected chi connectivity index (χ2v) is 12.0. The van der Waals surface area contributed by atoms with E-state index in [1.54, 1.807) is 67.6 Å². The van der Waals surface area contributed by atoms with Crippen LogP contribution in [0.4, 0.5) is 11.4 Å². The molecule has 0 aliphatic carbocycles. The van der Waals surface area contributed by atoms with Crippen LogP contribution in [0.15, 0.2) is 126 Å². The van der Waals surface area contributed by atoms with Crippen LogP contribution in [0.5, 0.6) is 0 Å². The Balaban J connectivity index is 1.34. The monoisotopic (exact) mass is 649 g/mol. The molecule has 5 rings (SSSR count). The zero-order valence-electron chi connectivity index (χ0n) is 24.5. The van der Waals surface area contributed by atoms with Crippen molar-refractivity contribution in [3.63, 3.8) is 0 Å². The lowest BCUT2D eigenvalue weighted by Crippen LogP contribution is -2.30. The molecule has 1 unspecified atom stereocenters. The van der Waals surface area contributed by atoms with Crippen LogP contribution in [-0.2, 0) is 9.59 Å². The number of thioether (sulfide) groups is 1. The zero-order valence-corrected chi connectivity index (χ0v) is 26.1. The molecule has 230 valence electrons. The fourth-order valence-corrected chi connectivity index (χ4v) is 5.66. The van der Waals surface area contributed by atoms with Gasteiger partial charge in [0, 0.05) is 16.1 Å². The van der Waals surface area contributed by atoms with Crippen molar-refractivity contribution in [1.29, 1.82) is 0 Å². The summed E-state index contributed by atoms with van der Waals surface area (Å²) in [4.78, 5) is 51.7. The van der Waals surface area contributed by atoms with E-state index in [0.717, 1.165) is 16.3 Å². The quantitative estimate of drug-likeness (QED) is 0.0907. The molecule has 0 radical (unpaired) electrons. The van der Waals surface area contributed by atoms with Crippen LogP contribution in [0.1, 0.15) is 33.2 Å². The number of halogens is 1. The van der Waals surface area contributed by atoms with Gasteiger partial charge in [-0.3, -0.25) is 14.4 Å². The summed E-state index contributed by atoms with van der Waals surface area (Å²) in [6.07, 6.45) is 1.65. The van der Waals surface area contributed by atoms with Crippen molar-refractivity contribution in [2.24, 2.45) is 0 Å². The molecule has 0 spiro atoms. The number of rotatable bonds is 10. The molecule has 0 heterocycles. The third-order valence-corrected chi connectivity index (χ3v) is 8.32. The van der Waals surface area contributed by atoms with Gasteiger partial charge < -0.3 is 21.1 Å². The van der Waals surface area contributed by atoms with Gasteiger partial charge in [-0.1, -0.05) is 78.3 Å². The standard InChI is InChI=1S/C36H28ClN3O5S/c1-22(33(41)39-31-20-26(36(44)45)17-18-30(31)37)46-28-15-8-14-27(21-28)38-35(43)32(40-34(42)24-10-3-2-4-11-24)19-25-13-7-12-23-9-5-6-16-29(23)25/h2-22H,1H3,(H,38,43)(H,39,41)(H,40,42)(H,44,45)/b32-19+. The lowest BCUT2D eigenvalue weighted by molar-refractivity contribution is -0.115. The molecule has 0 fully saturated rings. The maximum absolute atomic E-state index is 13.7. The Labute approximate surface area is 274 Å². The Hall–Kier alpha value is -5.38. The van der Waals surface area contributed by atoms with E-state index in [-0.39, 0.29) is 27.9 Å². The molecule has 0 bridgehead atoms. The molecule has 46 heavy (non-hydrogen) atoms. The number of fused-ring (bicyclic) bond motifs is 1. The van der Waals surface area contributed by atoms with Gasteiger partial charge in [0.25, 0.3) is 11.8 Å². The maximum atomic E-state index is 13.7. The minimum absolute atomic E-state index is 0.00252. The average Bonchev–Trinajstić information content (AvgIpc) is 3.06. The van der Waals surface area contributed by atoms with Gasteiger partial charge in [0.15, 0.2) is 0 Å². The number of hydrogen-bond acceptors (Lipinski definition) is 5. The number of aromatic carboxylic acids is 1. The highest BCUT2D eigenvalue weighted by Gasteiger charge is 2.19. The predicted octanol–water partition coefficient (Wildman–Crippen LogP) is 7.72. The largest absolute Gasteiger partial charge is 0.478 e. The molecule has 0 aliphatic rings. The van der Waals surface area contributed by atoms with Crippen molar-refractivity contribution in [1.82, 2.24) is 5.32 Å². The number of carbonyl (C=O) groups excluding carboxylic acids is 3. The van der Waals surface area contributed by atoms with E-state index in [2.05, 4.69) is 16.0 Å². The Kier molecular flexibility index (Phi) is 10.2. The molecule has 3 amide bonds. The van der Waals surface area contributed by atoms with Gasteiger partial charge in [-0.05, 0) is 77.9 Å². The molecule has 0 aromatic heterocycles. The lowest BCUT2D eigenvalue weighted by Gasteiger charge is -2.15. The molecule has 8 nitrogen and oxygen atoms in total. The van der Waals surface area contributed by atoms with E-state index >= 15 is 0 Å². The number of hydrogen-bond donors (Lipinski definition) is 4. The van der Waals surface area contributed by atoms with Crippen LogP contribution in [0, 0.1) is 0 Å². The highest BCUT2D eigenvalue weighted by atomic mass is 35.5. The van der Waals surface area contributed by atoms with Gasteiger partial charge >= 0.3 is 5.97 Å². The first-order valence-corrected chi connectivity index (χ1v) is 15.4. The molecule has 1 atom stereocenters. The van der Waals surface area contributed by atoms with E-state index in [9.17, 15) is 24.3 Å². The van der Waals surface area contributed by atoms with Crippen LogP contribution in [0.3, 0.4) is 0 Å². The third kappa shape index (κ3) is 8.01. The van der Waals surface area contributed by atoms with E-state index in [1.165, 1.54) is 30.0 Å². The van der Waals surface area contributed by atoms with Crippen molar-refractivity contribution in [2.45, 2.75) is 17.1 Å². The summed E-state index contributed by atoms with van der Waals surface area (Å²) in [5.41, 5.74) is 1.87.